The average molecular weight is 357 g/mol. The van der Waals surface area contributed by atoms with Gasteiger partial charge in [-0.25, -0.2) is 9.69 Å². The molecule has 5 nitrogen and oxygen atoms in total. The maximum absolute atomic E-state index is 13.1. The van der Waals surface area contributed by atoms with E-state index in [1.807, 2.05) is 18.2 Å². The maximum atomic E-state index is 13.1. The van der Waals surface area contributed by atoms with E-state index in [-0.39, 0.29) is 22.8 Å². The highest BCUT2D eigenvalue weighted by Crippen LogP contribution is 2.67. The molecule has 5 atom stereocenters. The van der Waals surface area contributed by atoms with Gasteiger partial charge in [-0.2, -0.15) is 0 Å². The average Bonchev–Trinajstić information content (AvgIpc) is 3.00. The maximum Gasteiger partial charge on any atom is 0.416 e. The first-order valence-corrected chi connectivity index (χ1v) is 9.53. The van der Waals surface area contributed by atoms with Gasteiger partial charge in [0.2, 0.25) is 5.91 Å². The van der Waals surface area contributed by atoms with Crippen molar-refractivity contribution in [3.8, 4) is 0 Å². The van der Waals surface area contributed by atoms with E-state index < -0.39 is 18.1 Å². The standard InChI is InChI=1S/C21H27NO4/c1-13(17(23)14-7-5-4-6-8-14)18(24)22-12-21-10-9-15(20(21,2)3)11-16(21)26-19(22)25/h4-8,13,15-17,23H,9-12H2,1-3H3/t13-,15-,16+,17+,21-/m0/s1. The van der Waals surface area contributed by atoms with Gasteiger partial charge in [0.05, 0.1) is 12.0 Å². The molecular formula is C21H27NO4. The van der Waals surface area contributed by atoms with E-state index in [2.05, 4.69) is 13.8 Å². The molecule has 2 amide bonds. The largest absolute Gasteiger partial charge is 0.445 e. The fourth-order valence-corrected chi connectivity index (χ4v) is 5.56. The van der Waals surface area contributed by atoms with Gasteiger partial charge in [-0.3, -0.25) is 4.79 Å². The van der Waals surface area contributed by atoms with Crippen molar-refractivity contribution in [2.45, 2.75) is 52.2 Å². The molecule has 1 aromatic rings. The van der Waals surface area contributed by atoms with Crippen LogP contribution in [-0.2, 0) is 9.53 Å². The number of imide groups is 1. The Bertz CT molecular complexity index is 731. The van der Waals surface area contributed by atoms with E-state index in [0.29, 0.717) is 18.0 Å². The molecule has 2 saturated carbocycles. The smallest absolute Gasteiger partial charge is 0.416 e. The van der Waals surface area contributed by atoms with Crippen molar-refractivity contribution in [1.82, 2.24) is 4.90 Å². The van der Waals surface area contributed by atoms with Gasteiger partial charge < -0.3 is 9.84 Å². The Balaban J connectivity index is 1.57. The van der Waals surface area contributed by atoms with Gasteiger partial charge in [0, 0.05) is 12.0 Å². The molecule has 0 aromatic heterocycles. The van der Waals surface area contributed by atoms with Gasteiger partial charge in [0.15, 0.2) is 0 Å². The molecule has 3 fully saturated rings. The summed E-state index contributed by atoms with van der Waals surface area (Å²) in [6.07, 6.45) is 1.44. The molecule has 1 spiro atoms. The summed E-state index contributed by atoms with van der Waals surface area (Å²) in [4.78, 5) is 26.8. The van der Waals surface area contributed by atoms with Crippen LogP contribution in [-0.4, -0.2) is 34.7 Å². The molecule has 1 aromatic carbocycles. The molecule has 1 heterocycles. The van der Waals surface area contributed by atoms with Crippen LogP contribution in [0.25, 0.3) is 0 Å². The molecule has 0 unspecified atom stereocenters. The zero-order chi connectivity index (χ0) is 18.7. The Kier molecular flexibility index (Phi) is 3.92. The van der Waals surface area contributed by atoms with Crippen LogP contribution in [0, 0.1) is 22.7 Å². The predicted octanol–water partition coefficient (Wildman–Crippen LogP) is 3.53. The number of amides is 2. The van der Waals surface area contributed by atoms with Crippen LogP contribution in [0.15, 0.2) is 30.3 Å². The molecule has 3 aliphatic rings. The van der Waals surface area contributed by atoms with Crippen molar-refractivity contribution in [3.05, 3.63) is 35.9 Å². The van der Waals surface area contributed by atoms with Gasteiger partial charge in [-0.1, -0.05) is 51.1 Å². The third-order valence-corrected chi connectivity index (χ3v) is 7.53. The number of nitrogens with zero attached hydrogens (tertiary/aromatic N) is 1. The van der Waals surface area contributed by atoms with E-state index in [1.54, 1.807) is 19.1 Å². The fraction of sp³-hybridized carbons (Fsp3) is 0.619. The SMILES string of the molecule is C[C@H](C(=O)N1C[C@@]23CC[C@@H](C[C@H]2OC1=O)C3(C)C)[C@@H](O)c1ccccc1. The first kappa shape index (κ1) is 17.5. The van der Waals surface area contributed by atoms with Crippen molar-refractivity contribution in [1.29, 1.82) is 0 Å². The Morgan fingerprint density at radius 2 is 2.00 bits per heavy atom. The molecule has 140 valence electrons. The van der Waals surface area contributed by atoms with E-state index in [1.165, 1.54) is 4.90 Å². The molecule has 0 radical (unpaired) electrons. The number of carbonyl (C=O) groups is 2. The number of hydrogen-bond acceptors (Lipinski definition) is 4. The number of ether oxygens (including phenoxy) is 1. The van der Waals surface area contributed by atoms with E-state index in [0.717, 1.165) is 19.3 Å². The van der Waals surface area contributed by atoms with Crippen molar-refractivity contribution in [2.24, 2.45) is 22.7 Å². The van der Waals surface area contributed by atoms with Crippen LogP contribution in [0.4, 0.5) is 4.79 Å². The Labute approximate surface area is 154 Å². The van der Waals surface area contributed by atoms with Crippen molar-refractivity contribution < 1.29 is 19.4 Å². The molecule has 5 heteroatoms. The summed E-state index contributed by atoms with van der Waals surface area (Å²) in [5, 5.41) is 10.6. The summed E-state index contributed by atoms with van der Waals surface area (Å²) in [5.41, 5.74) is 0.577. The van der Waals surface area contributed by atoms with Crippen molar-refractivity contribution in [2.75, 3.05) is 6.54 Å². The number of aliphatic hydroxyl groups excluding tert-OH is 1. The first-order valence-electron chi connectivity index (χ1n) is 9.53. The zero-order valence-electron chi connectivity index (χ0n) is 15.6. The fourth-order valence-electron chi connectivity index (χ4n) is 5.56. The van der Waals surface area contributed by atoms with E-state index in [9.17, 15) is 14.7 Å². The lowest BCUT2D eigenvalue weighted by Crippen LogP contribution is -2.59. The zero-order valence-corrected chi connectivity index (χ0v) is 15.6. The summed E-state index contributed by atoms with van der Waals surface area (Å²) in [6, 6.07) is 9.10. The summed E-state index contributed by atoms with van der Waals surface area (Å²) in [5.74, 6) is -0.521. The number of hydrogen-bond donors (Lipinski definition) is 1. The lowest BCUT2D eigenvalue weighted by Gasteiger charge is -2.48. The van der Waals surface area contributed by atoms with Crippen LogP contribution < -0.4 is 0 Å². The van der Waals surface area contributed by atoms with Gasteiger partial charge >= 0.3 is 6.09 Å². The van der Waals surface area contributed by atoms with Gasteiger partial charge in [-0.05, 0) is 36.2 Å². The highest BCUT2D eigenvalue weighted by molar-refractivity contribution is 5.94. The Hall–Kier alpha value is -1.88. The monoisotopic (exact) mass is 357 g/mol. The van der Waals surface area contributed by atoms with Crippen LogP contribution in [0.2, 0.25) is 0 Å². The second kappa shape index (κ2) is 5.81. The lowest BCUT2D eigenvalue weighted by molar-refractivity contribution is -0.148. The van der Waals surface area contributed by atoms with Gasteiger partial charge in [0.25, 0.3) is 0 Å². The highest BCUT2D eigenvalue weighted by Gasteiger charge is 2.68. The minimum Gasteiger partial charge on any atom is -0.445 e. The van der Waals surface area contributed by atoms with Crippen molar-refractivity contribution in [3.63, 3.8) is 0 Å². The molecule has 1 saturated heterocycles. The second-order valence-corrected chi connectivity index (χ2v) is 8.79. The normalized spacial score (nSPS) is 34.2. The van der Waals surface area contributed by atoms with Crippen LogP contribution in [0.1, 0.15) is 51.7 Å². The Morgan fingerprint density at radius 1 is 1.31 bits per heavy atom. The molecule has 1 N–H and O–H groups in total. The summed E-state index contributed by atoms with van der Waals surface area (Å²) >= 11 is 0. The quantitative estimate of drug-likeness (QED) is 0.899. The summed E-state index contributed by atoms with van der Waals surface area (Å²) in [7, 11) is 0. The van der Waals surface area contributed by atoms with Gasteiger partial charge in [0.1, 0.15) is 6.10 Å². The molecule has 4 rings (SSSR count). The molecule has 1 aliphatic heterocycles. The van der Waals surface area contributed by atoms with Gasteiger partial charge in [-0.15, -0.1) is 0 Å². The highest BCUT2D eigenvalue weighted by atomic mass is 16.6. The number of aliphatic hydroxyl groups is 1. The number of carbonyl (C=O) groups excluding carboxylic acids is 2. The Morgan fingerprint density at radius 3 is 2.65 bits per heavy atom. The number of rotatable bonds is 3. The third kappa shape index (κ3) is 2.26. The number of benzene rings is 1. The second-order valence-electron chi connectivity index (χ2n) is 8.79. The van der Waals surface area contributed by atoms with Crippen LogP contribution >= 0.6 is 0 Å². The van der Waals surface area contributed by atoms with E-state index in [4.69, 9.17) is 4.74 Å². The lowest BCUT2D eigenvalue weighted by atomic mass is 9.67. The van der Waals surface area contributed by atoms with E-state index >= 15 is 0 Å². The molecule has 2 aliphatic carbocycles. The molecular weight excluding hydrogens is 330 g/mol. The molecule has 26 heavy (non-hydrogen) atoms. The van der Waals surface area contributed by atoms with Crippen LogP contribution in [0.5, 0.6) is 0 Å². The summed E-state index contributed by atoms with van der Waals surface area (Å²) < 4.78 is 5.72. The minimum atomic E-state index is -0.945. The summed E-state index contributed by atoms with van der Waals surface area (Å²) in [6.45, 7) is 6.57. The first-order chi connectivity index (χ1) is 12.3. The molecule has 2 bridgehead atoms. The number of fused-ring (bicyclic) bond motifs is 1. The minimum absolute atomic E-state index is 0.0538. The predicted molar refractivity (Wildman–Crippen MR) is 96.1 cm³/mol. The van der Waals surface area contributed by atoms with Crippen LogP contribution in [0.3, 0.4) is 0 Å². The topological polar surface area (TPSA) is 66.8 Å². The third-order valence-electron chi connectivity index (χ3n) is 7.53. The van der Waals surface area contributed by atoms with Crippen molar-refractivity contribution >= 4 is 12.0 Å².